The Balaban J connectivity index is 2.13. The summed E-state index contributed by atoms with van der Waals surface area (Å²) in [6, 6.07) is 0.554. The third-order valence-electron chi connectivity index (χ3n) is 3.04. The summed E-state index contributed by atoms with van der Waals surface area (Å²) in [5, 5.41) is 6.69. The van der Waals surface area contributed by atoms with E-state index in [1.165, 1.54) is 29.9 Å². The summed E-state index contributed by atoms with van der Waals surface area (Å²) in [7, 11) is 1.90. The van der Waals surface area contributed by atoms with Crippen LogP contribution in [0.5, 0.6) is 0 Å². The van der Waals surface area contributed by atoms with E-state index in [4.69, 9.17) is 0 Å². The Morgan fingerprint density at radius 1 is 1.41 bits per heavy atom. The minimum atomic E-state index is 0.554. The molecule has 0 radical (unpaired) electrons. The van der Waals surface area contributed by atoms with E-state index in [1.54, 1.807) is 6.33 Å². The van der Waals surface area contributed by atoms with Gasteiger partial charge in [0.2, 0.25) is 0 Å². The molecule has 0 bridgehead atoms. The number of nitrogens with one attached hydrogen (secondary N) is 2. The van der Waals surface area contributed by atoms with Crippen LogP contribution in [0.1, 0.15) is 25.3 Å². The van der Waals surface area contributed by atoms with Gasteiger partial charge in [0.05, 0.1) is 0 Å². The van der Waals surface area contributed by atoms with Crippen molar-refractivity contribution in [2.24, 2.45) is 0 Å². The van der Waals surface area contributed by atoms with Crippen LogP contribution in [0.2, 0.25) is 0 Å². The summed E-state index contributed by atoms with van der Waals surface area (Å²) >= 11 is 2.02. The topological polar surface area (TPSA) is 49.8 Å². The molecule has 94 valence electrons. The summed E-state index contributed by atoms with van der Waals surface area (Å²) < 4.78 is 0. The van der Waals surface area contributed by atoms with E-state index in [0.717, 1.165) is 18.1 Å². The lowest BCUT2D eigenvalue weighted by molar-refractivity contribution is 0.680. The second-order valence-electron chi connectivity index (χ2n) is 4.21. The van der Waals surface area contributed by atoms with Crippen molar-refractivity contribution in [2.75, 3.05) is 29.2 Å². The van der Waals surface area contributed by atoms with Gasteiger partial charge in [-0.2, -0.15) is 11.8 Å². The van der Waals surface area contributed by atoms with Gasteiger partial charge in [-0.1, -0.05) is 6.92 Å². The van der Waals surface area contributed by atoms with Gasteiger partial charge in [-0.15, -0.1) is 0 Å². The van der Waals surface area contributed by atoms with Crippen LogP contribution in [-0.2, 0) is 6.42 Å². The molecule has 0 aliphatic carbocycles. The first-order valence-corrected chi connectivity index (χ1v) is 7.36. The average Bonchev–Trinajstić information content (AvgIpc) is 2.39. The monoisotopic (exact) mass is 252 g/mol. The van der Waals surface area contributed by atoms with E-state index in [2.05, 4.69) is 27.5 Å². The van der Waals surface area contributed by atoms with Gasteiger partial charge in [-0.3, -0.25) is 0 Å². The zero-order valence-electron chi connectivity index (χ0n) is 10.5. The number of nitrogens with zero attached hydrogens (tertiary/aromatic N) is 2. The minimum Gasteiger partial charge on any atom is -0.373 e. The molecule has 4 nitrogen and oxygen atoms in total. The Labute approximate surface area is 107 Å². The van der Waals surface area contributed by atoms with Crippen molar-refractivity contribution in [1.29, 1.82) is 0 Å². The molecule has 1 aliphatic heterocycles. The number of hydrogen-bond donors (Lipinski definition) is 2. The fraction of sp³-hybridized carbons (Fsp3) is 0.667. The highest BCUT2D eigenvalue weighted by Gasteiger charge is 2.16. The van der Waals surface area contributed by atoms with Crippen LogP contribution >= 0.6 is 11.8 Å². The Hall–Kier alpha value is -0.970. The minimum absolute atomic E-state index is 0.554. The maximum Gasteiger partial charge on any atom is 0.134 e. The van der Waals surface area contributed by atoms with E-state index in [-0.39, 0.29) is 0 Å². The van der Waals surface area contributed by atoms with Crippen LogP contribution < -0.4 is 10.6 Å². The lowest BCUT2D eigenvalue weighted by Gasteiger charge is -2.24. The highest BCUT2D eigenvalue weighted by atomic mass is 32.2. The molecule has 0 saturated carbocycles. The highest BCUT2D eigenvalue weighted by Crippen LogP contribution is 2.24. The zero-order valence-corrected chi connectivity index (χ0v) is 11.3. The van der Waals surface area contributed by atoms with Gasteiger partial charge in [0.15, 0.2) is 0 Å². The van der Waals surface area contributed by atoms with Crippen molar-refractivity contribution in [3.63, 3.8) is 0 Å². The van der Waals surface area contributed by atoms with Crippen molar-refractivity contribution in [3.05, 3.63) is 11.9 Å². The first kappa shape index (κ1) is 12.5. The maximum atomic E-state index is 4.38. The van der Waals surface area contributed by atoms with Crippen LogP contribution in [0.25, 0.3) is 0 Å². The molecule has 0 aromatic carbocycles. The molecular formula is C12H20N4S. The Bertz CT molecular complexity index is 364. The van der Waals surface area contributed by atoms with E-state index in [9.17, 15) is 0 Å². The Morgan fingerprint density at radius 3 is 2.88 bits per heavy atom. The van der Waals surface area contributed by atoms with E-state index < -0.39 is 0 Å². The number of thioether (sulfide) groups is 1. The summed E-state index contributed by atoms with van der Waals surface area (Å²) in [4.78, 5) is 8.64. The largest absolute Gasteiger partial charge is 0.373 e. The number of aromatic nitrogens is 2. The summed E-state index contributed by atoms with van der Waals surface area (Å²) in [5.74, 6) is 4.42. The fourth-order valence-corrected chi connectivity index (χ4v) is 3.21. The second kappa shape index (κ2) is 6.10. The van der Waals surface area contributed by atoms with Gasteiger partial charge >= 0.3 is 0 Å². The molecule has 2 rings (SSSR count). The highest BCUT2D eigenvalue weighted by molar-refractivity contribution is 7.99. The third kappa shape index (κ3) is 3.03. The molecule has 1 aliphatic rings. The van der Waals surface area contributed by atoms with Crippen molar-refractivity contribution in [2.45, 2.75) is 32.2 Å². The molecule has 1 aromatic rings. The zero-order chi connectivity index (χ0) is 12.1. The summed E-state index contributed by atoms with van der Waals surface area (Å²) in [6.45, 7) is 2.14. The van der Waals surface area contributed by atoms with Gasteiger partial charge in [0.1, 0.15) is 18.0 Å². The number of hydrogen-bond acceptors (Lipinski definition) is 5. The van der Waals surface area contributed by atoms with Crippen LogP contribution in [0.15, 0.2) is 6.33 Å². The standard InChI is InChI=1S/C12H20N4S/c1-3-10-11(13-2)14-8-15-12(10)16-9-5-4-6-17-7-9/h8-9H,3-7H2,1-2H3,(H2,13,14,15,16). The van der Waals surface area contributed by atoms with Gasteiger partial charge in [0, 0.05) is 24.4 Å². The predicted octanol–water partition coefficient (Wildman–Crippen LogP) is 2.39. The molecule has 1 aromatic heterocycles. The van der Waals surface area contributed by atoms with Crippen LogP contribution in [0, 0.1) is 0 Å². The number of anilines is 2. The SMILES string of the molecule is CCc1c(NC)ncnc1NC1CCCSC1. The van der Waals surface area contributed by atoms with Gasteiger partial charge in [-0.05, 0) is 25.0 Å². The molecule has 5 heteroatoms. The summed E-state index contributed by atoms with van der Waals surface area (Å²) in [6.07, 6.45) is 5.12. The molecular weight excluding hydrogens is 232 g/mol. The second-order valence-corrected chi connectivity index (χ2v) is 5.36. The molecule has 1 unspecified atom stereocenters. The van der Waals surface area contributed by atoms with Crippen LogP contribution in [0.4, 0.5) is 11.6 Å². The first-order valence-electron chi connectivity index (χ1n) is 6.21. The molecule has 1 saturated heterocycles. The Morgan fingerprint density at radius 2 is 2.24 bits per heavy atom. The predicted molar refractivity (Wildman–Crippen MR) is 74.9 cm³/mol. The molecule has 1 atom stereocenters. The lowest BCUT2D eigenvalue weighted by atomic mass is 10.1. The fourth-order valence-electron chi connectivity index (χ4n) is 2.13. The van der Waals surface area contributed by atoms with Crippen LogP contribution in [-0.4, -0.2) is 34.6 Å². The molecule has 0 amide bonds. The molecule has 2 N–H and O–H groups in total. The van der Waals surface area contributed by atoms with Gasteiger partial charge < -0.3 is 10.6 Å². The van der Waals surface area contributed by atoms with Gasteiger partial charge in [0.25, 0.3) is 0 Å². The Kier molecular flexibility index (Phi) is 4.48. The normalized spacial score (nSPS) is 20.0. The quantitative estimate of drug-likeness (QED) is 0.861. The summed E-state index contributed by atoms with van der Waals surface area (Å²) in [5.41, 5.74) is 1.19. The van der Waals surface area contributed by atoms with Crippen molar-refractivity contribution >= 4 is 23.4 Å². The number of rotatable bonds is 4. The molecule has 2 heterocycles. The van der Waals surface area contributed by atoms with Crippen molar-refractivity contribution in [1.82, 2.24) is 9.97 Å². The van der Waals surface area contributed by atoms with Gasteiger partial charge in [-0.25, -0.2) is 9.97 Å². The van der Waals surface area contributed by atoms with Crippen molar-refractivity contribution < 1.29 is 0 Å². The average molecular weight is 252 g/mol. The van der Waals surface area contributed by atoms with E-state index in [1.807, 2.05) is 18.8 Å². The molecule has 1 fully saturated rings. The first-order chi connectivity index (χ1) is 8.35. The third-order valence-corrected chi connectivity index (χ3v) is 4.25. The lowest BCUT2D eigenvalue weighted by Crippen LogP contribution is -2.27. The van der Waals surface area contributed by atoms with Crippen LogP contribution in [0.3, 0.4) is 0 Å². The molecule has 0 spiro atoms. The van der Waals surface area contributed by atoms with Crippen molar-refractivity contribution in [3.8, 4) is 0 Å². The van der Waals surface area contributed by atoms with E-state index in [0.29, 0.717) is 6.04 Å². The van der Waals surface area contributed by atoms with E-state index >= 15 is 0 Å². The smallest absolute Gasteiger partial charge is 0.134 e. The maximum absolute atomic E-state index is 4.38. The molecule has 17 heavy (non-hydrogen) atoms.